The lowest BCUT2D eigenvalue weighted by atomic mass is 9.94. The van der Waals surface area contributed by atoms with E-state index in [4.69, 9.17) is 27.6 Å². The van der Waals surface area contributed by atoms with E-state index in [-0.39, 0.29) is 17.2 Å². The molecular formula is C13H17Cl2NO2. The van der Waals surface area contributed by atoms with Crippen molar-refractivity contribution in [2.24, 2.45) is 0 Å². The summed E-state index contributed by atoms with van der Waals surface area (Å²) in [6, 6.07) is 1.91. The molecule has 0 N–H and O–H groups in total. The van der Waals surface area contributed by atoms with Crippen LogP contribution in [-0.4, -0.2) is 29.3 Å². The Labute approximate surface area is 117 Å². The largest absolute Gasteiger partial charge is 0.452 e. The molecule has 0 spiro atoms. The average molecular weight is 290 g/mol. The van der Waals surface area contributed by atoms with Gasteiger partial charge < -0.3 is 9.32 Å². The van der Waals surface area contributed by atoms with E-state index < -0.39 is 0 Å². The summed E-state index contributed by atoms with van der Waals surface area (Å²) in [5, 5.41) is 0.162. The quantitative estimate of drug-likeness (QED) is 0.787. The first-order valence-corrected chi connectivity index (χ1v) is 7.25. The molecule has 1 fully saturated rings. The molecule has 3 nitrogen and oxygen atoms in total. The number of alkyl halides is 1. The minimum atomic E-state index is -0.0682. The van der Waals surface area contributed by atoms with E-state index in [1.165, 1.54) is 25.5 Å². The van der Waals surface area contributed by atoms with Gasteiger partial charge in [0.1, 0.15) is 0 Å². The van der Waals surface area contributed by atoms with Crippen LogP contribution in [0.4, 0.5) is 0 Å². The Morgan fingerprint density at radius 3 is 2.67 bits per heavy atom. The van der Waals surface area contributed by atoms with Crippen LogP contribution in [0.5, 0.6) is 0 Å². The van der Waals surface area contributed by atoms with E-state index >= 15 is 0 Å². The molecule has 1 aromatic rings. The summed E-state index contributed by atoms with van der Waals surface area (Å²) in [5.74, 6) is 0.374. The van der Waals surface area contributed by atoms with Gasteiger partial charge in [-0.15, -0.1) is 11.6 Å². The van der Waals surface area contributed by atoms with Crippen LogP contribution in [0.3, 0.4) is 0 Å². The van der Waals surface area contributed by atoms with E-state index in [0.717, 1.165) is 12.8 Å². The van der Waals surface area contributed by atoms with Crippen LogP contribution in [0, 0.1) is 0 Å². The fourth-order valence-corrected chi connectivity index (χ4v) is 2.91. The Kier molecular flexibility index (Phi) is 4.95. The average Bonchev–Trinajstić information content (AvgIpc) is 2.82. The highest BCUT2D eigenvalue weighted by molar-refractivity contribution is 6.32. The number of halogens is 2. The fourth-order valence-electron chi connectivity index (χ4n) is 2.53. The zero-order chi connectivity index (χ0) is 13.0. The summed E-state index contributed by atoms with van der Waals surface area (Å²) in [4.78, 5) is 14.3. The summed E-state index contributed by atoms with van der Waals surface area (Å²) in [5.41, 5.74) is 0.437. The third-order valence-corrected chi connectivity index (χ3v) is 3.91. The highest BCUT2D eigenvalue weighted by Gasteiger charge is 2.27. The molecule has 2 rings (SSSR count). The molecule has 0 radical (unpaired) electrons. The number of carbonyl (C=O) groups is 1. The standard InChI is InChI=1S/C13H17Cl2NO2/c14-7-8-16(10-4-2-1-3-5-10)13(17)11-6-9-18-12(11)15/h6,9-10H,1-5,7-8H2. The highest BCUT2D eigenvalue weighted by Crippen LogP contribution is 2.26. The molecule has 0 aromatic carbocycles. The molecule has 1 aliphatic carbocycles. The van der Waals surface area contributed by atoms with Crippen molar-refractivity contribution in [2.45, 2.75) is 38.1 Å². The van der Waals surface area contributed by atoms with Crippen molar-refractivity contribution in [1.82, 2.24) is 4.90 Å². The first-order valence-electron chi connectivity index (χ1n) is 6.34. The monoisotopic (exact) mass is 289 g/mol. The number of furan rings is 1. The van der Waals surface area contributed by atoms with Crippen LogP contribution in [0.1, 0.15) is 42.5 Å². The third-order valence-electron chi connectivity index (χ3n) is 3.45. The molecule has 0 unspecified atom stereocenters. The van der Waals surface area contributed by atoms with Crippen molar-refractivity contribution in [3.8, 4) is 0 Å². The Morgan fingerprint density at radius 2 is 2.11 bits per heavy atom. The summed E-state index contributed by atoms with van der Waals surface area (Å²) < 4.78 is 4.99. The van der Waals surface area contributed by atoms with Gasteiger partial charge in [0.2, 0.25) is 5.22 Å². The zero-order valence-corrected chi connectivity index (χ0v) is 11.7. The number of nitrogens with zero attached hydrogens (tertiary/aromatic N) is 1. The molecule has 0 atom stereocenters. The van der Waals surface area contributed by atoms with E-state index in [1.807, 2.05) is 4.90 Å². The Balaban J connectivity index is 2.13. The maximum Gasteiger partial charge on any atom is 0.259 e. The molecule has 0 aliphatic heterocycles. The predicted molar refractivity (Wildman–Crippen MR) is 72.3 cm³/mol. The van der Waals surface area contributed by atoms with Crippen molar-refractivity contribution in [1.29, 1.82) is 0 Å². The van der Waals surface area contributed by atoms with Crippen molar-refractivity contribution >= 4 is 29.1 Å². The molecular weight excluding hydrogens is 273 g/mol. The first-order chi connectivity index (χ1) is 8.74. The minimum absolute atomic E-state index is 0.0682. The molecule has 1 heterocycles. The van der Waals surface area contributed by atoms with Gasteiger partial charge in [-0.3, -0.25) is 4.79 Å². The topological polar surface area (TPSA) is 33.5 Å². The number of carbonyl (C=O) groups excluding carboxylic acids is 1. The molecule has 1 saturated carbocycles. The van der Waals surface area contributed by atoms with Gasteiger partial charge >= 0.3 is 0 Å². The molecule has 5 heteroatoms. The smallest absolute Gasteiger partial charge is 0.259 e. The van der Waals surface area contributed by atoms with Crippen LogP contribution < -0.4 is 0 Å². The molecule has 100 valence electrons. The lowest BCUT2D eigenvalue weighted by Crippen LogP contribution is -2.42. The van der Waals surface area contributed by atoms with Crippen molar-refractivity contribution in [3.63, 3.8) is 0 Å². The molecule has 18 heavy (non-hydrogen) atoms. The third kappa shape index (κ3) is 3.01. The summed E-state index contributed by atoms with van der Waals surface area (Å²) in [6.07, 6.45) is 7.16. The summed E-state index contributed by atoms with van der Waals surface area (Å²) in [7, 11) is 0. The lowest BCUT2D eigenvalue weighted by molar-refractivity contribution is 0.0649. The van der Waals surface area contributed by atoms with Crippen LogP contribution in [0.2, 0.25) is 5.22 Å². The number of hydrogen-bond acceptors (Lipinski definition) is 2. The second kappa shape index (κ2) is 6.48. The maximum absolute atomic E-state index is 12.4. The number of hydrogen-bond donors (Lipinski definition) is 0. The SMILES string of the molecule is O=C(c1ccoc1Cl)N(CCCl)C1CCCCC1. The van der Waals surface area contributed by atoms with E-state index in [0.29, 0.717) is 18.0 Å². The summed E-state index contributed by atoms with van der Waals surface area (Å²) in [6.45, 7) is 0.562. The molecule has 1 amide bonds. The lowest BCUT2D eigenvalue weighted by Gasteiger charge is -2.33. The second-order valence-electron chi connectivity index (χ2n) is 4.59. The normalized spacial score (nSPS) is 16.8. The van der Waals surface area contributed by atoms with Gasteiger partial charge in [-0.2, -0.15) is 0 Å². The van der Waals surface area contributed by atoms with Gasteiger partial charge in [0.05, 0.1) is 11.8 Å². The predicted octanol–water partition coefficient (Wildman–Crippen LogP) is 3.95. The fraction of sp³-hybridized carbons (Fsp3) is 0.615. The molecule has 0 bridgehead atoms. The summed E-state index contributed by atoms with van der Waals surface area (Å²) >= 11 is 11.7. The molecule has 0 saturated heterocycles. The minimum Gasteiger partial charge on any atom is -0.452 e. The van der Waals surface area contributed by atoms with Crippen LogP contribution in [-0.2, 0) is 0 Å². The second-order valence-corrected chi connectivity index (χ2v) is 5.31. The van der Waals surface area contributed by atoms with Gasteiger partial charge in [-0.05, 0) is 30.5 Å². The van der Waals surface area contributed by atoms with E-state index in [1.54, 1.807) is 6.07 Å². The van der Waals surface area contributed by atoms with Gasteiger partial charge in [-0.1, -0.05) is 19.3 Å². The van der Waals surface area contributed by atoms with Crippen LogP contribution in [0.25, 0.3) is 0 Å². The maximum atomic E-state index is 12.4. The van der Waals surface area contributed by atoms with Gasteiger partial charge in [0.25, 0.3) is 5.91 Å². The van der Waals surface area contributed by atoms with Crippen LogP contribution >= 0.6 is 23.2 Å². The van der Waals surface area contributed by atoms with E-state index in [9.17, 15) is 4.79 Å². The highest BCUT2D eigenvalue weighted by atomic mass is 35.5. The first kappa shape index (κ1) is 13.8. The number of rotatable bonds is 4. The van der Waals surface area contributed by atoms with Gasteiger partial charge in [-0.25, -0.2) is 0 Å². The van der Waals surface area contributed by atoms with Crippen molar-refractivity contribution in [2.75, 3.05) is 12.4 Å². The van der Waals surface area contributed by atoms with Gasteiger partial charge in [0, 0.05) is 18.5 Å². The Bertz CT molecular complexity index is 399. The zero-order valence-electron chi connectivity index (χ0n) is 10.2. The van der Waals surface area contributed by atoms with Crippen molar-refractivity contribution in [3.05, 3.63) is 23.1 Å². The Hall–Kier alpha value is -0.670. The van der Waals surface area contributed by atoms with Gasteiger partial charge in [0.15, 0.2) is 0 Å². The molecule has 1 aromatic heterocycles. The number of amides is 1. The Morgan fingerprint density at radius 1 is 1.39 bits per heavy atom. The van der Waals surface area contributed by atoms with Crippen molar-refractivity contribution < 1.29 is 9.21 Å². The van der Waals surface area contributed by atoms with E-state index in [2.05, 4.69) is 0 Å². The van der Waals surface area contributed by atoms with Crippen LogP contribution in [0.15, 0.2) is 16.7 Å². The molecule has 1 aliphatic rings.